The van der Waals surface area contributed by atoms with E-state index < -0.39 is 0 Å². The minimum atomic E-state index is 0.0522. The summed E-state index contributed by atoms with van der Waals surface area (Å²) in [7, 11) is 0. The Morgan fingerprint density at radius 1 is 1.03 bits per heavy atom. The van der Waals surface area contributed by atoms with E-state index in [1.54, 1.807) is 34.2 Å². The summed E-state index contributed by atoms with van der Waals surface area (Å²) in [6, 6.07) is 22.3. The number of fused-ring (bicyclic) bond motifs is 1. The summed E-state index contributed by atoms with van der Waals surface area (Å²) in [6.45, 7) is 2.57. The number of anilines is 1. The van der Waals surface area contributed by atoms with Crippen molar-refractivity contribution in [1.82, 2.24) is 9.97 Å². The fourth-order valence-electron chi connectivity index (χ4n) is 3.12. The molecular formula is C24H23N3OS2. The molecule has 30 heavy (non-hydrogen) atoms. The van der Waals surface area contributed by atoms with E-state index in [-0.39, 0.29) is 5.91 Å². The van der Waals surface area contributed by atoms with E-state index in [4.69, 9.17) is 4.98 Å². The Kier molecular flexibility index (Phi) is 6.77. The lowest BCUT2D eigenvalue weighted by Gasteiger charge is -2.19. The van der Waals surface area contributed by atoms with Crippen LogP contribution in [0.4, 0.5) is 5.13 Å². The van der Waals surface area contributed by atoms with Gasteiger partial charge in [0.15, 0.2) is 5.13 Å². The summed E-state index contributed by atoms with van der Waals surface area (Å²) in [5.41, 5.74) is 4.28. The predicted molar refractivity (Wildman–Crippen MR) is 127 cm³/mol. The second kappa shape index (κ2) is 9.87. The molecule has 0 aliphatic heterocycles. The molecule has 2 aromatic heterocycles. The number of carbonyl (C=O) groups excluding carboxylic acids is 1. The van der Waals surface area contributed by atoms with E-state index in [2.05, 4.69) is 36.2 Å². The number of thiazole rings is 1. The van der Waals surface area contributed by atoms with E-state index >= 15 is 0 Å². The number of rotatable bonds is 8. The van der Waals surface area contributed by atoms with Crippen LogP contribution >= 0.6 is 23.1 Å². The third-order valence-electron chi connectivity index (χ3n) is 4.77. The van der Waals surface area contributed by atoms with Gasteiger partial charge in [0.1, 0.15) is 0 Å². The molecule has 4 nitrogen and oxygen atoms in total. The standard InChI is InChI=1S/C24H23N3OS2/c1-2-18-11-12-21-22(14-18)30-24(26-21)27(15-20-10-6-7-13-25-20)23(28)17-29-16-19-8-4-3-5-9-19/h3-14H,2,15-17H2,1H3. The first-order valence-electron chi connectivity index (χ1n) is 9.94. The molecule has 152 valence electrons. The number of benzene rings is 2. The van der Waals surface area contributed by atoms with E-state index in [0.29, 0.717) is 12.3 Å². The molecule has 4 rings (SSSR count). The molecule has 0 radical (unpaired) electrons. The Labute approximate surface area is 185 Å². The largest absolute Gasteiger partial charge is 0.281 e. The van der Waals surface area contributed by atoms with Crippen LogP contribution in [0.1, 0.15) is 23.7 Å². The minimum absolute atomic E-state index is 0.0522. The normalized spacial score (nSPS) is 11.0. The maximum Gasteiger partial charge on any atom is 0.239 e. The Morgan fingerprint density at radius 2 is 1.87 bits per heavy atom. The highest BCUT2D eigenvalue weighted by Crippen LogP contribution is 2.31. The zero-order valence-corrected chi connectivity index (χ0v) is 18.5. The van der Waals surface area contributed by atoms with Gasteiger partial charge < -0.3 is 0 Å². The predicted octanol–water partition coefficient (Wildman–Crippen LogP) is 5.72. The highest BCUT2D eigenvalue weighted by atomic mass is 32.2. The second-order valence-corrected chi connectivity index (χ2v) is 8.93. The zero-order chi connectivity index (χ0) is 20.8. The average molecular weight is 434 g/mol. The van der Waals surface area contributed by atoms with Crippen LogP contribution in [0.25, 0.3) is 10.2 Å². The number of thioether (sulfide) groups is 1. The first-order chi connectivity index (χ1) is 14.7. The van der Waals surface area contributed by atoms with Gasteiger partial charge in [-0.05, 0) is 41.8 Å². The van der Waals surface area contributed by atoms with Crippen molar-refractivity contribution in [2.75, 3.05) is 10.7 Å². The maximum absolute atomic E-state index is 13.2. The molecule has 0 aliphatic carbocycles. The first kappa shape index (κ1) is 20.6. The summed E-state index contributed by atoms with van der Waals surface area (Å²) in [5, 5.41) is 0.731. The average Bonchev–Trinajstić information content (AvgIpc) is 3.21. The van der Waals surface area contributed by atoms with Gasteiger partial charge in [0.05, 0.1) is 28.2 Å². The molecule has 4 aromatic rings. The van der Waals surface area contributed by atoms with Gasteiger partial charge in [-0.1, -0.05) is 60.7 Å². The van der Waals surface area contributed by atoms with Crippen molar-refractivity contribution in [2.24, 2.45) is 0 Å². The molecule has 0 aliphatic rings. The summed E-state index contributed by atoms with van der Waals surface area (Å²) in [6.07, 6.45) is 2.74. The van der Waals surface area contributed by atoms with Crippen molar-refractivity contribution >= 4 is 44.4 Å². The summed E-state index contributed by atoms with van der Waals surface area (Å²) in [5.74, 6) is 1.26. The lowest BCUT2D eigenvalue weighted by molar-refractivity contribution is -0.116. The number of amides is 1. The van der Waals surface area contributed by atoms with Crippen LogP contribution in [0.2, 0.25) is 0 Å². The molecule has 0 atom stereocenters. The third kappa shape index (κ3) is 5.07. The monoisotopic (exact) mass is 433 g/mol. The SMILES string of the molecule is CCc1ccc2nc(N(Cc3ccccn3)C(=O)CSCc3ccccc3)sc2c1. The fraction of sp³-hybridized carbons (Fsp3) is 0.208. The maximum atomic E-state index is 13.2. The van der Waals surface area contributed by atoms with Crippen molar-refractivity contribution in [1.29, 1.82) is 0 Å². The lowest BCUT2D eigenvalue weighted by atomic mass is 10.2. The molecule has 0 N–H and O–H groups in total. The molecule has 2 heterocycles. The Balaban J connectivity index is 1.55. The molecule has 0 unspecified atom stereocenters. The van der Waals surface area contributed by atoms with Crippen molar-refractivity contribution in [2.45, 2.75) is 25.6 Å². The van der Waals surface area contributed by atoms with Gasteiger partial charge in [0, 0.05) is 11.9 Å². The number of aryl methyl sites for hydroxylation is 1. The van der Waals surface area contributed by atoms with Crippen LogP contribution in [-0.2, 0) is 23.5 Å². The minimum Gasteiger partial charge on any atom is -0.281 e. The van der Waals surface area contributed by atoms with Crippen LogP contribution in [0.5, 0.6) is 0 Å². The summed E-state index contributed by atoms with van der Waals surface area (Å²) in [4.78, 5) is 24.1. The van der Waals surface area contributed by atoms with Crippen LogP contribution in [0.3, 0.4) is 0 Å². The van der Waals surface area contributed by atoms with Gasteiger partial charge in [-0.15, -0.1) is 11.8 Å². The number of carbonyl (C=O) groups is 1. The van der Waals surface area contributed by atoms with E-state index in [1.807, 2.05) is 42.5 Å². The van der Waals surface area contributed by atoms with Crippen molar-refractivity contribution in [3.05, 3.63) is 89.7 Å². The van der Waals surface area contributed by atoms with Crippen LogP contribution < -0.4 is 4.90 Å². The van der Waals surface area contributed by atoms with Crippen LogP contribution in [0.15, 0.2) is 72.9 Å². The number of hydrogen-bond donors (Lipinski definition) is 0. The van der Waals surface area contributed by atoms with Crippen LogP contribution in [-0.4, -0.2) is 21.6 Å². The number of nitrogens with zero attached hydrogens (tertiary/aromatic N) is 3. The highest BCUT2D eigenvalue weighted by molar-refractivity contribution is 7.99. The Hall–Kier alpha value is -2.70. The molecule has 0 fully saturated rings. The topological polar surface area (TPSA) is 46.1 Å². The van der Waals surface area contributed by atoms with E-state index in [0.717, 1.165) is 33.2 Å². The molecule has 2 aromatic carbocycles. The van der Waals surface area contributed by atoms with Gasteiger partial charge in [-0.25, -0.2) is 4.98 Å². The van der Waals surface area contributed by atoms with E-state index in [9.17, 15) is 4.79 Å². The second-order valence-electron chi connectivity index (χ2n) is 6.93. The zero-order valence-electron chi connectivity index (χ0n) is 16.8. The van der Waals surface area contributed by atoms with Crippen molar-refractivity contribution < 1.29 is 4.79 Å². The third-order valence-corrected chi connectivity index (χ3v) is 6.79. The fourth-order valence-corrected chi connectivity index (χ4v) is 5.02. The van der Waals surface area contributed by atoms with Gasteiger partial charge in [-0.2, -0.15) is 0 Å². The smallest absolute Gasteiger partial charge is 0.239 e. The summed E-state index contributed by atoms with van der Waals surface area (Å²) >= 11 is 3.20. The van der Waals surface area contributed by atoms with Crippen LogP contribution in [0, 0.1) is 0 Å². The Bertz CT molecular complexity index is 1110. The molecule has 0 saturated carbocycles. The van der Waals surface area contributed by atoms with E-state index in [1.165, 1.54) is 11.1 Å². The van der Waals surface area contributed by atoms with Gasteiger partial charge in [0.2, 0.25) is 5.91 Å². The number of hydrogen-bond acceptors (Lipinski definition) is 5. The molecule has 0 spiro atoms. The summed E-state index contributed by atoms with van der Waals surface area (Å²) < 4.78 is 1.11. The lowest BCUT2D eigenvalue weighted by Crippen LogP contribution is -2.32. The molecule has 1 amide bonds. The molecular weight excluding hydrogens is 410 g/mol. The molecule has 0 bridgehead atoms. The van der Waals surface area contributed by atoms with Gasteiger partial charge in [0.25, 0.3) is 0 Å². The first-order valence-corrected chi connectivity index (χ1v) is 11.9. The van der Waals surface area contributed by atoms with Gasteiger partial charge in [-0.3, -0.25) is 14.7 Å². The highest BCUT2D eigenvalue weighted by Gasteiger charge is 2.21. The quantitative estimate of drug-likeness (QED) is 0.356. The van der Waals surface area contributed by atoms with Crippen molar-refractivity contribution in [3.63, 3.8) is 0 Å². The molecule has 0 saturated heterocycles. The number of aromatic nitrogens is 2. The number of pyridine rings is 1. The van der Waals surface area contributed by atoms with Gasteiger partial charge >= 0.3 is 0 Å². The Morgan fingerprint density at radius 3 is 2.63 bits per heavy atom. The van der Waals surface area contributed by atoms with Crippen molar-refractivity contribution in [3.8, 4) is 0 Å². The molecule has 6 heteroatoms.